The van der Waals surface area contributed by atoms with Crippen LogP contribution in [0.1, 0.15) is 31.4 Å². The Morgan fingerprint density at radius 1 is 1.29 bits per heavy atom. The molecule has 0 saturated carbocycles. The predicted octanol–water partition coefficient (Wildman–Crippen LogP) is 4.20. The van der Waals surface area contributed by atoms with Crippen molar-refractivity contribution in [2.45, 2.75) is 33.0 Å². The lowest BCUT2D eigenvalue weighted by Crippen LogP contribution is -2.29. The molecule has 0 aromatic heterocycles. The number of nitrogens with zero attached hydrogens (tertiary/aromatic N) is 1. The first-order valence-corrected chi connectivity index (χ1v) is 7.31. The first kappa shape index (κ1) is 18.3. The van der Waals surface area contributed by atoms with Crippen molar-refractivity contribution in [1.82, 2.24) is 4.90 Å². The highest BCUT2D eigenvalue weighted by atomic mass is 35.5. The molecule has 0 unspecified atom stereocenters. The highest BCUT2D eigenvalue weighted by Crippen LogP contribution is 2.36. The fourth-order valence-corrected chi connectivity index (χ4v) is 2.50. The Bertz CT molecular complexity index is 449. The van der Waals surface area contributed by atoms with E-state index in [9.17, 15) is 13.2 Å². The highest BCUT2D eigenvalue weighted by molar-refractivity contribution is 6.32. The van der Waals surface area contributed by atoms with Crippen LogP contribution in [0.15, 0.2) is 18.2 Å². The molecule has 0 saturated heterocycles. The molecule has 0 bridgehead atoms. The summed E-state index contributed by atoms with van der Waals surface area (Å²) in [5, 5.41) is 8.69. The SMILES string of the molecule is CC(C)CN(CCCO)Cc1cccc(C(F)(F)F)c1Cl. The van der Waals surface area contributed by atoms with Gasteiger partial charge in [0.2, 0.25) is 0 Å². The van der Waals surface area contributed by atoms with Crippen molar-refractivity contribution in [3.63, 3.8) is 0 Å². The zero-order chi connectivity index (χ0) is 16.0. The van der Waals surface area contributed by atoms with Crippen LogP contribution in [0.3, 0.4) is 0 Å². The molecule has 1 aromatic carbocycles. The van der Waals surface area contributed by atoms with Gasteiger partial charge in [0.1, 0.15) is 0 Å². The summed E-state index contributed by atoms with van der Waals surface area (Å²) >= 11 is 5.91. The van der Waals surface area contributed by atoms with Crippen molar-refractivity contribution in [1.29, 1.82) is 0 Å². The fourth-order valence-electron chi connectivity index (χ4n) is 2.21. The van der Waals surface area contributed by atoms with Crippen LogP contribution in [0.2, 0.25) is 5.02 Å². The molecule has 0 atom stereocenters. The normalized spacial score (nSPS) is 12.4. The van der Waals surface area contributed by atoms with Crippen molar-refractivity contribution >= 4 is 11.6 Å². The lowest BCUT2D eigenvalue weighted by atomic mass is 10.1. The van der Waals surface area contributed by atoms with Gasteiger partial charge in [-0.25, -0.2) is 0 Å². The molecular formula is C15H21ClF3NO. The second-order valence-electron chi connectivity index (χ2n) is 5.48. The van der Waals surface area contributed by atoms with Gasteiger partial charge in [-0.1, -0.05) is 37.6 Å². The van der Waals surface area contributed by atoms with Gasteiger partial charge in [0.05, 0.1) is 10.6 Å². The number of rotatable bonds is 7. The zero-order valence-electron chi connectivity index (χ0n) is 12.3. The van der Waals surface area contributed by atoms with Crippen molar-refractivity contribution < 1.29 is 18.3 Å². The minimum absolute atomic E-state index is 0.0604. The average molecular weight is 324 g/mol. The van der Waals surface area contributed by atoms with E-state index in [2.05, 4.69) is 0 Å². The summed E-state index contributed by atoms with van der Waals surface area (Å²) in [6.07, 6.45) is -3.86. The molecule has 0 aliphatic carbocycles. The quantitative estimate of drug-likeness (QED) is 0.813. The van der Waals surface area contributed by atoms with E-state index in [1.54, 1.807) is 6.07 Å². The summed E-state index contributed by atoms with van der Waals surface area (Å²) in [7, 11) is 0. The lowest BCUT2D eigenvalue weighted by molar-refractivity contribution is -0.137. The van der Waals surface area contributed by atoms with Crippen molar-refractivity contribution in [3.05, 3.63) is 34.3 Å². The Hall–Kier alpha value is -0.780. The van der Waals surface area contributed by atoms with Crippen molar-refractivity contribution in [3.8, 4) is 0 Å². The Morgan fingerprint density at radius 3 is 2.48 bits per heavy atom. The Morgan fingerprint density at radius 2 is 1.95 bits per heavy atom. The van der Waals surface area contributed by atoms with Crippen LogP contribution < -0.4 is 0 Å². The van der Waals surface area contributed by atoms with E-state index in [0.29, 0.717) is 31.0 Å². The third-order valence-corrected chi connectivity index (χ3v) is 3.48. The number of aliphatic hydroxyl groups is 1. The molecule has 0 radical (unpaired) electrons. The molecule has 0 fully saturated rings. The highest BCUT2D eigenvalue weighted by Gasteiger charge is 2.33. The van der Waals surface area contributed by atoms with Gasteiger partial charge in [-0.2, -0.15) is 13.2 Å². The number of aliphatic hydroxyl groups excluding tert-OH is 1. The minimum Gasteiger partial charge on any atom is -0.396 e. The summed E-state index contributed by atoms with van der Waals surface area (Å²) in [6.45, 7) is 5.86. The number of hydrogen-bond acceptors (Lipinski definition) is 2. The monoisotopic (exact) mass is 323 g/mol. The van der Waals surface area contributed by atoms with Gasteiger partial charge in [-0.05, 0) is 24.0 Å². The maximum absolute atomic E-state index is 12.8. The molecular weight excluding hydrogens is 303 g/mol. The number of halogens is 4. The van der Waals surface area contributed by atoms with E-state index < -0.39 is 11.7 Å². The molecule has 1 aromatic rings. The van der Waals surface area contributed by atoms with Crippen LogP contribution in [-0.2, 0) is 12.7 Å². The van der Waals surface area contributed by atoms with Crippen LogP contribution in [-0.4, -0.2) is 29.7 Å². The molecule has 0 spiro atoms. The van der Waals surface area contributed by atoms with E-state index in [-0.39, 0.29) is 11.6 Å². The summed E-state index contributed by atoms with van der Waals surface area (Å²) < 4.78 is 38.5. The molecule has 1 N–H and O–H groups in total. The van der Waals surface area contributed by atoms with Crippen LogP contribution in [0.5, 0.6) is 0 Å². The Labute approximate surface area is 128 Å². The minimum atomic E-state index is -4.44. The maximum Gasteiger partial charge on any atom is 0.417 e. The fraction of sp³-hybridized carbons (Fsp3) is 0.600. The summed E-state index contributed by atoms with van der Waals surface area (Å²) in [5.74, 6) is 0.383. The lowest BCUT2D eigenvalue weighted by Gasteiger charge is -2.25. The van der Waals surface area contributed by atoms with E-state index in [4.69, 9.17) is 16.7 Å². The van der Waals surface area contributed by atoms with Crippen LogP contribution >= 0.6 is 11.6 Å². The van der Waals surface area contributed by atoms with Gasteiger partial charge in [-0.15, -0.1) is 0 Å². The molecule has 21 heavy (non-hydrogen) atoms. The zero-order valence-corrected chi connectivity index (χ0v) is 13.0. The largest absolute Gasteiger partial charge is 0.417 e. The van der Waals surface area contributed by atoms with Gasteiger partial charge in [0, 0.05) is 26.2 Å². The van der Waals surface area contributed by atoms with Crippen LogP contribution in [0.25, 0.3) is 0 Å². The molecule has 6 heteroatoms. The van der Waals surface area contributed by atoms with Gasteiger partial charge in [0.25, 0.3) is 0 Å². The first-order valence-electron chi connectivity index (χ1n) is 6.93. The van der Waals surface area contributed by atoms with E-state index in [1.807, 2.05) is 18.7 Å². The van der Waals surface area contributed by atoms with Crippen molar-refractivity contribution in [2.24, 2.45) is 5.92 Å². The molecule has 0 amide bonds. The van der Waals surface area contributed by atoms with Crippen LogP contribution in [0, 0.1) is 5.92 Å². The second kappa shape index (κ2) is 8.01. The third-order valence-electron chi connectivity index (χ3n) is 3.03. The van der Waals surface area contributed by atoms with Crippen LogP contribution in [0.4, 0.5) is 13.2 Å². The van der Waals surface area contributed by atoms with Gasteiger partial charge in [-0.3, -0.25) is 4.90 Å². The molecule has 0 aliphatic heterocycles. The van der Waals surface area contributed by atoms with Gasteiger partial charge in [0.15, 0.2) is 0 Å². The topological polar surface area (TPSA) is 23.5 Å². The molecule has 120 valence electrons. The standard InChI is InChI=1S/C15H21ClF3NO/c1-11(2)9-20(7-4-8-21)10-12-5-3-6-13(14(12)16)15(17,18)19/h3,5-6,11,21H,4,7-10H2,1-2H3. The van der Waals surface area contributed by atoms with Gasteiger partial charge >= 0.3 is 6.18 Å². The number of benzene rings is 1. The molecule has 1 rings (SSSR count). The van der Waals surface area contributed by atoms with E-state index in [0.717, 1.165) is 12.6 Å². The predicted molar refractivity (Wildman–Crippen MR) is 78.3 cm³/mol. The van der Waals surface area contributed by atoms with E-state index >= 15 is 0 Å². The first-order chi connectivity index (χ1) is 9.75. The third kappa shape index (κ3) is 5.85. The number of hydrogen-bond donors (Lipinski definition) is 1. The Balaban J connectivity index is 2.93. The van der Waals surface area contributed by atoms with Gasteiger partial charge < -0.3 is 5.11 Å². The molecule has 0 aliphatic rings. The second-order valence-corrected chi connectivity index (χ2v) is 5.86. The summed E-state index contributed by atoms with van der Waals surface area (Å²) in [4.78, 5) is 2.02. The summed E-state index contributed by atoms with van der Waals surface area (Å²) in [6, 6.07) is 3.99. The van der Waals surface area contributed by atoms with E-state index in [1.165, 1.54) is 6.07 Å². The summed E-state index contributed by atoms with van der Waals surface area (Å²) in [5.41, 5.74) is -0.335. The average Bonchev–Trinajstić information content (AvgIpc) is 2.36. The molecule has 2 nitrogen and oxygen atoms in total. The Kier molecular flexibility index (Phi) is 6.97. The maximum atomic E-state index is 12.8. The van der Waals surface area contributed by atoms with Crippen molar-refractivity contribution in [2.75, 3.05) is 19.7 Å². The smallest absolute Gasteiger partial charge is 0.396 e. The molecule has 0 heterocycles. The number of alkyl halides is 3.